The second-order valence-corrected chi connectivity index (χ2v) is 7.82. The number of nitrogens with zero attached hydrogens (tertiary/aromatic N) is 2. The van der Waals surface area contributed by atoms with Crippen LogP contribution < -0.4 is 14.7 Å². The molecule has 2 heterocycles. The molecule has 0 spiro atoms. The number of methoxy groups -OCH3 is 1. The Morgan fingerprint density at radius 1 is 0.839 bits per heavy atom. The molecule has 0 bridgehead atoms. The summed E-state index contributed by atoms with van der Waals surface area (Å²) in [7, 11) is 1.58. The van der Waals surface area contributed by atoms with E-state index >= 15 is 0 Å². The fourth-order valence-corrected chi connectivity index (χ4v) is 4.41. The molecule has 0 saturated carbocycles. The number of carbonyl (C=O) groups excluding carboxylic acids is 2. The standard InChI is InChI=1S/C24H19ClN2O4/c1-30-19-10-6-5-9-18(19)21-20-22(31-27(21)17-7-3-2-4-8-17)24(29)26(23(20)28)16-13-11-15(25)12-14-16/h2-14,20-22H,1H3/t20-,21+,22+/m0/s1. The number of hydrogen-bond donors (Lipinski definition) is 0. The Kier molecular flexibility index (Phi) is 4.88. The number of rotatable bonds is 4. The van der Waals surface area contributed by atoms with Gasteiger partial charge >= 0.3 is 0 Å². The normalized spacial score (nSPS) is 22.7. The van der Waals surface area contributed by atoms with Gasteiger partial charge in [0.1, 0.15) is 11.7 Å². The molecule has 3 aromatic carbocycles. The summed E-state index contributed by atoms with van der Waals surface area (Å²) in [5.74, 6) is -0.801. The highest BCUT2D eigenvalue weighted by atomic mass is 35.5. The highest BCUT2D eigenvalue weighted by Crippen LogP contribution is 2.49. The molecule has 7 heteroatoms. The van der Waals surface area contributed by atoms with Crippen LogP contribution >= 0.6 is 11.6 Å². The number of para-hydroxylation sites is 2. The predicted octanol–water partition coefficient (Wildman–Crippen LogP) is 4.40. The number of halogens is 1. The minimum Gasteiger partial charge on any atom is -0.496 e. The van der Waals surface area contributed by atoms with Crippen LogP contribution in [-0.2, 0) is 14.4 Å². The number of carbonyl (C=O) groups is 2. The van der Waals surface area contributed by atoms with Crippen molar-refractivity contribution in [3.05, 3.63) is 89.4 Å². The van der Waals surface area contributed by atoms with E-state index in [0.29, 0.717) is 16.5 Å². The summed E-state index contributed by atoms with van der Waals surface area (Å²) in [6, 6.07) is 23.0. The van der Waals surface area contributed by atoms with Gasteiger partial charge in [0.25, 0.3) is 5.91 Å². The zero-order valence-electron chi connectivity index (χ0n) is 16.6. The molecule has 2 amide bonds. The molecule has 0 aromatic heterocycles. The zero-order valence-corrected chi connectivity index (χ0v) is 17.4. The van der Waals surface area contributed by atoms with Crippen molar-refractivity contribution in [1.82, 2.24) is 0 Å². The van der Waals surface area contributed by atoms with Gasteiger partial charge in [-0.3, -0.25) is 14.4 Å². The summed E-state index contributed by atoms with van der Waals surface area (Å²) >= 11 is 5.98. The first-order valence-corrected chi connectivity index (χ1v) is 10.3. The van der Waals surface area contributed by atoms with Gasteiger partial charge in [-0.1, -0.05) is 48.0 Å². The number of amides is 2. The maximum atomic E-state index is 13.6. The van der Waals surface area contributed by atoms with Gasteiger partial charge in [-0.2, -0.15) is 0 Å². The molecular weight excluding hydrogens is 416 g/mol. The number of imide groups is 1. The van der Waals surface area contributed by atoms with Crippen LogP contribution in [0.1, 0.15) is 11.6 Å². The van der Waals surface area contributed by atoms with Crippen molar-refractivity contribution in [2.75, 3.05) is 17.1 Å². The van der Waals surface area contributed by atoms with Gasteiger partial charge in [0.05, 0.1) is 24.5 Å². The summed E-state index contributed by atoms with van der Waals surface area (Å²) in [5, 5.41) is 2.18. The van der Waals surface area contributed by atoms with Crippen molar-refractivity contribution in [3.63, 3.8) is 0 Å². The summed E-state index contributed by atoms with van der Waals surface area (Å²) in [6.45, 7) is 0. The SMILES string of the molecule is COc1ccccc1[C@@H]1[C@@H]2C(=O)N(c3ccc(Cl)cc3)C(=O)[C@@H]2ON1c1ccccc1. The second kappa shape index (κ2) is 7.72. The van der Waals surface area contributed by atoms with E-state index in [1.54, 1.807) is 36.4 Å². The quantitative estimate of drug-likeness (QED) is 0.570. The lowest BCUT2D eigenvalue weighted by atomic mass is 9.90. The van der Waals surface area contributed by atoms with Crippen molar-refractivity contribution in [1.29, 1.82) is 0 Å². The molecule has 2 aliphatic heterocycles. The zero-order chi connectivity index (χ0) is 21.5. The Balaban J connectivity index is 1.61. The van der Waals surface area contributed by atoms with Gasteiger partial charge in [0.15, 0.2) is 6.10 Å². The Morgan fingerprint density at radius 3 is 2.23 bits per heavy atom. The van der Waals surface area contributed by atoms with Crippen LogP contribution in [0, 0.1) is 5.92 Å². The van der Waals surface area contributed by atoms with E-state index in [-0.39, 0.29) is 5.91 Å². The van der Waals surface area contributed by atoms with Crippen molar-refractivity contribution in [2.45, 2.75) is 12.1 Å². The van der Waals surface area contributed by atoms with Gasteiger partial charge in [-0.05, 0) is 42.5 Å². The third-order valence-electron chi connectivity index (χ3n) is 5.67. The van der Waals surface area contributed by atoms with Gasteiger partial charge < -0.3 is 4.74 Å². The third kappa shape index (κ3) is 3.15. The van der Waals surface area contributed by atoms with E-state index in [0.717, 1.165) is 11.3 Å². The third-order valence-corrected chi connectivity index (χ3v) is 5.92. The van der Waals surface area contributed by atoms with E-state index in [1.165, 1.54) is 4.90 Å². The van der Waals surface area contributed by atoms with Crippen molar-refractivity contribution in [2.24, 2.45) is 5.92 Å². The number of fused-ring (bicyclic) bond motifs is 1. The van der Waals surface area contributed by atoms with Crippen LogP contribution in [0.15, 0.2) is 78.9 Å². The summed E-state index contributed by atoms with van der Waals surface area (Å²) in [4.78, 5) is 34.2. The molecule has 2 aliphatic rings. The lowest BCUT2D eigenvalue weighted by molar-refractivity contribution is -0.126. The smallest absolute Gasteiger partial charge is 0.266 e. The largest absolute Gasteiger partial charge is 0.496 e. The highest BCUT2D eigenvalue weighted by Gasteiger charge is 2.60. The predicted molar refractivity (Wildman–Crippen MR) is 117 cm³/mol. The van der Waals surface area contributed by atoms with Crippen LogP contribution in [0.4, 0.5) is 11.4 Å². The van der Waals surface area contributed by atoms with Crippen molar-refractivity contribution < 1.29 is 19.2 Å². The van der Waals surface area contributed by atoms with Gasteiger partial charge in [-0.25, -0.2) is 9.96 Å². The van der Waals surface area contributed by atoms with Crippen LogP contribution in [-0.4, -0.2) is 25.0 Å². The Bertz CT molecular complexity index is 1140. The molecule has 2 fully saturated rings. The molecule has 3 aromatic rings. The van der Waals surface area contributed by atoms with E-state index in [4.69, 9.17) is 21.2 Å². The van der Waals surface area contributed by atoms with Gasteiger partial charge in [0, 0.05) is 10.6 Å². The molecule has 0 unspecified atom stereocenters. The Labute approximate surface area is 184 Å². The molecule has 3 atom stereocenters. The molecule has 2 saturated heterocycles. The number of ether oxygens (including phenoxy) is 1. The number of anilines is 2. The first-order chi connectivity index (χ1) is 15.1. The van der Waals surface area contributed by atoms with Gasteiger partial charge in [0.2, 0.25) is 5.91 Å². The molecule has 31 heavy (non-hydrogen) atoms. The lowest BCUT2D eigenvalue weighted by Gasteiger charge is -2.29. The molecule has 0 aliphatic carbocycles. The monoisotopic (exact) mass is 434 g/mol. The summed E-state index contributed by atoms with van der Waals surface area (Å²) < 4.78 is 5.57. The minimum atomic E-state index is -0.932. The second-order valence-electron chi connectivity index (χ2n) is 7.39. The lowest BCUT2D eigenvalue weighted by Crippen LogP contribution is -2.37. The van der Waals surface area contributed by atoms with Crippen molar-refractivity contribution >= 4 is 34.8 Å². The van der Waals surface area contributed by atoms with Crippen LogP contribution in [0.25, 0.3) is 0 Å². The number of hydroxylamine groups is 1. The number of benzene rings is 3. The first kappa shape index (κ1) is 19.6. The van der Waals surface area contributed by atoms with E-state index in [9.17, 15) is 9.59 Å². The summed E-state index contributed by atoms with van der Waals surface area (Å²) in [5.41, 5.74) is 2.01. The molecule has 0 N–H and O–H groups in total. The Hall–Kier alpha value is -3.35. The average Bonchev–Trinajstić information content (AvgIpc) is 3.31. The van der Waals surface area contributed by atoms with Gasteiger partial charge in [-0.15, -0.1) is 0 Å². The van der Waals surface area contributed by atoms with Crippen LogP contribution in [0.3, 0.4) is 0 Å². The fraction of sp³-hybridized carbons (Fsp3) is 0.167. The summed E-state index contributed by atoms with van der Waals surface area (Å²) in [6.07, 6.45) is -0.932. The maximum absolute atomic E-state index is 13.6. The van der Waals surface area contributed by atoms with Crippen LogP contribution in [0.2, 0.25) is 5.02 Å². The molecule has 0 radical (unpaired) electrons. The molecule has 6 nitrogen and oxygen atoms in total. The highest BCUT2D eigenvalue weighted by molar-refractivity contribution is 6.31. The first-order valence-electron chi connectivity index (χ1n) is 9.87. The van der Waals surface area contributed by atoms with E-state index in [2.05, 4.69) is 0 Å². The average molecular weight is 435 g/mol. The maximum Gasteiger partial charge on any atom is 0.266 e. The topological polar surface area (TPSA) is 59.1 Å². The van der Waals surface area contributed by atoms with Crippen molar-refractivity contribution in [3.8, 4) is 5.75 Å². The van der Waals surface area contributed by atoms with Crippen LogP contribution in [0.5, 0.6) is 5.75 Å². The van der Waals surface area contributed by atoms with E-state index < -0.39 is 24.0 Å². The fourth-order valence-electron chi connectivity index (χ4n) is 4.28. The van der Waals surface area contributed by atoms with E-state index in [1.807, 2.05) is 54.6 Å². The number of hydrogen-bond acceptors (Lipinski definition) is 5. The molecule has 5 rings (SSSR count). The molecular formula is C24H19ClN2O4. The minimum absolute atomic E-state index is 0.313. The molecule has 156 valence electrons. The Morgan fingerprint density at radius 2 is 1.52 bits per heavy atom.